The first-order chi connectivity index (χ1) is 1.00. The molecule has 0 rings (SSSR count). The fourth-order valence-corrected chi connectivity index (χ4v) is 0. The van der Waals surface area contributed by atoms with Gasteiger partial charge in [-0.25, -0.2) is 5.90 Å². The first-order valence-corrected chi connectivity index (χ1v) is 0.258. The van der Waals surface area contributed by atoms with E-state index in [1.54, 1.807) is 0 Å². The predicted molar refractivity (Wildman–Crippen MR) is 15.2 cm³/mol. The first-order valence-electron chi connectivity index (χ1n) is 0.258. The number of hydrogen-bond acceptors (Lipinski definition) is 3. The Balaban J connectivity index is -0.00000000167. The molecule has 0 fully saturated rings. The van der Waals surface area contributed by atoms with Crippen molar-refractivity contribution in [2.45, 2.75) is 0 Å². The third kappa shape index (κ3) is 38.0. The van der Waals surface area contributed by atoms with Gasteiger partial charge < -0.3 is 10.7 Å². The topological polar surface area (TPSA) is 76.2 Å². The zero-order valence-corrected chi connectivity index (χ0v) is 5.70. The Hall–Kier alpha value is 1.17. The van der Waals surface area contributed by atoms with Gasteiger partial charge in [-0.15, -0.1) is 12.4 Å². The molecule has 0 unspecified atom stereocenters. The maximum absolute atomic E-state index is 6.50. The molecule has 0 aromatic carbocycles. The number of hydrogen-bond donors (Lipinski definition) is 2. The molecule has 0 atom stereocenters. The number of nitrogens with two attached hydrogens (primary N) is 1. The van der Waals surface area contributed by atoms with Crippen molar-refractivity contribution in [2.75, 3.05) is 0 Å². The van der Waals surface area contributed by atoms with E-state index < -0.39 is 0 Å². The summed E-state index contributed by atoms with van der Waals surface area (Å²) in [5.41, 5.74) is 0. The summed E-state index contributed by atoms with van der Waals surface area (Å²) in [5, 5.41) is 6.50. The van der Waals surface area contributed by atoms with E-state index in [1.165, 1.54) is 0 Å². The molecule has 0 saturated heterocycles. The van der Waals surface area contributed by atoms with Crippen molar-refractivity contribution < 1.29 is 40.2 Å². The minimum atomic E-state index is 0. The van der Waals surface area contributed by atoms with Crippen molar-refractivity contribution >= 4 is 12.4 Å². The first kappa shape index (κ1) is 35.0. The Kier molecular flexibility index (Phi) is 460. The molecule has 0 saturated carbocycles. The molecular weight excluding hydrogens is 104 g/mol. The summed E-state index contributed by atoms with van der Waals surface area (Å²) in [4.78, 5) is 0. The number of halogens is 1. The van der Waals surface area contributed by atoms with E-state index in [0.29, 0.717) is 0 Å². The SMILES string of the molecule is Cl.NO.[Na+].[OH-]. The van der Waals surface area contributed by atoms with E-state index in [9.17, 15) is 0 Å². The quantitative estimate of drug-likeness (QED) is 0.251. The largest absolute Gasteiger partial charge is 1.00 e. The van der Waals surface area contributed by atoms with Crippen LogP contribution in [0.4, 0.5) is 0 Å². The van der Waals surface area contributed by atoms with Crippen LogP contribution in [-0.2, 0) is 0 Å². The summed E-state index contributed by atoms with van der Waals surface area (Å²) in [5.74, 6) is 3.50. The molecule has 30 valence electrons. The molecule has 0 aromatic rings. The van der Waals surface area contributed by atoms with Crippen LogP contribution in [-0.4, -0.2) is 10.7 Å². The standard InChI is InChI=1S/ClH.H3NO.Na.H2O/c;1-2;;/h1H;2H,1H2;;1H2/q;;+1;/p-1. The summed E-state index contributed by atoms with van der Waals surface area (Å²) in [6.07, 6.45) is 0. The van der Waals surface area contributed by atoms with E-state index in [1.807, 2.05) is 0 Å². The van der Waals surface area contributed by atoms with Crippen LogP contribution < -0.4 is 35.5 Å². The van der Waals surface area contributed by atoms with Crippen molar-refractivity contribution in [3.63, 3.8) is 0 Å². The fraction of sp³-hybridized carbons (Fsp3) is 0. The maximum Gasteiger partial charge on any atom is 1.00 e. The summed E-state index contributed by atoms with van der Waals surface area (Å²) in [7, 11) is 0. The zero-order valence-electron chi connectivity index (χ0n) is 2.88. The molecule has 0 bridgehead atoms. The molecule has 0 aliphatic rings. The third-order valence-corrected chi connectivity index (χ3v) is 0. The van der Waals surface area contributed by atoms with Gasteiger partial charge in [0.15, 0.2) is 0 Å². The van der Waals surface area contributed by atoms with E-state index in [4.69, 9.17) is 5.21 Å². The Morgan fingerprint density at radius 2 is 1.20 bits per heavy atom. The maximum atomic E-state index is 6.50. The van der Waals surface area contributed by atoms with Gasteiger partial charge in [-0.05, 0) is 0 Å². The van der Waals surface area contributed by atoms with Crippen LogP contribution in [0.3, 0.4) is 0 Å². The molecule has 0 aliphatic carbocycles. The van der Waals surface area contributed by atoms with Gasteiger partial charge in [-0.1, -0.05) is 0 Å². The second-order valence-electron chi connectivity index (χ2n) is 0. The van der Waals surface area contributed by atoms with Gasteiger partial charge in [0, 0.05) is 0 Å². The van der Waals surface area contributed by atoms with E-state index in [0.717, 1.165) is 0 Å². The van der Waals surface area contributed by atoms with Crippen molar-refractivity contribution in [3.8, 4) is 0 Å². The molecule has 0 spiro atoms. The summed E-state index contributed by atoms with van der Waals surface area (Å²) >= 11 is 0. The van der Waals surface area contributed by atoms with Gasteiger partial charge in [0.2, 0.25) is 0 Å². The predicted octanol–water partition coefficient (Wildman–Crippen LogP) is -3.42. The van der Waals surface area contributed by atoms with Crippen molar-refractivity contribution in [1.29, 1.82) is 0 Å². The molecule has 0 heterocycles. The van der Waals surface area contributed by atoms with E-state index >= 15 is 0 Å². The van der Waals surface area contributed by atoms with Crippen LogP contribution in [0.5, 0.6) is 0 Å². The summed E-state index contributed by atoms with van der Waals surface area (Å²) in [6.45, 7) is 0. The Morgan fingerprint density at radius 1 is 1.20 bits per heavy atom. The van der Waals surface area contributed by atoms with Crippen LogP contribution in [0.1, 0.15) is 0 Å². The molecular formula is H5ClNNaO2. The van der Waals surface area contributed by atoms with Crippen molar-refractivity contribution in [2.24, 2.45) is 5.90 Å². The average molecular weight is 109 g/mol. The number of rotatable bonds is 0. The zero-order chi connectivity index (χ0) is 2.00. The van der Waals surface area contributed by atoms with Gasteiger partial charge in [0.1, 0.15) is 0 Å². The molecule has 0 radical (unpaired) electrons. The van der Waals surface area contributed by atoms with Gasteiger partial charge >= 0.3 is 29.6 Å². The van der Waals surface area contributed by atoms with Gasteiger partial charge in [-0.2, -0.15) is 0 Å². The fourth-order valence-electron chi connectivity index (χ4n) is 0. The Labute approximate surface area is 58.5 Å². The van der Waals surface area contributed by atoms with Crippen LogP contribution in [0.15, 0.2) is 0 Å². The molecule has 5 heteroatoms. The van der Waals surface area contributed by atoms with Crippen LogP contribution in [0.25, 0.3) is 0 Å². The Morgan fingerprint density at radius 3 is 1.20 bits per heavy atom. The summed E-state index contributed by atoms with van der Waals surface area (Å²) in [6, 6.07) is 0. The molecule has 0 amide bonds. The van der Waals surface area contributed by atoms with Crippen LogP contribution >= 0.6 is 12.4 Å². The second-order valence-corrected chi connectivity index (χ2v) is 0. The molecule has 3 nitrogen and oxygen atoms in total. The molecule has 0 aliphatic heterocycles. The summed E-state index contributed by atoms with van der Waals surface area (Å²) < 4.78 is 0. The van der Waals surface area contributed by atoms with Gasteiger partial charge in [-0.3, -0.25) is 0 Å². The molecule has 4 N–H and O–H groups in total. The smallest absolute Gasteiger partial charge is 0.870 e. The van der Waals surface area contributed by atoms with E-state index in [2.05, 4.69) is 5.90 Å². The average Bonchev–Trinajstić information content (AvgIpc) is 1.00. The minimum Gasteiger partial charge on any atom is -0.870 e. The normalized spacial score (nSPS) is 1.20. The Bertz CT molecular complexity index is 9.61. The van der Waals surface area contributed by atoms with Crippen molar-refractivity contribution in [3.05, 3.63) is 0 Å². The molecule has 0 aromatic heterocycles. The van der Waals surface area contributed by atoms with Gasteiger partial charge in [0.25, 0.3) is 0 Å². The third-order valence-electron chi connectivity index (χ3n) is 0. The molecule has 5 heavy (non-hydrogen) atoms. The van der Waals surface area contributed by atoms with Crippen LogP contribution in [0, 0.1) is 0 Å². The van der Waals surface area contributed by atoms with Crippen molar-refractivity contribution in [1.82, 2.24) is 0 Å². The van der Waals surface area contributed by atoms with Crippen LogP contribution in [0.2, 0.25) is 0 Å². The monoisotopic (exact) mass is 109 g/mol. The minimum absolute atomic E-state index is 0. The van der Waals surface area contributed by atoms with Gasteiger partial charge in [0.05, 0.1) is 0 Å². The van der Waals surface area contributed by atoms with E-state index in [-0.39, 0.29) is 47.4 Å². The second kappa shape index (κ2) is 65.7.